The lowest BCUT2D eigenvalue weighted by Crippen LogP contribution is -2.47. The van der Waals surface area contributed by atoms with Gasteiger partial charge in [0.05, 0.1) is 24.6 Å². The van der Waals surface area contributed by atoms with E-state index in [1.54, 1.807) is 38.1 Å². The van der Waals surface area contributed by atoms with Gasteiger partial charge >= 0.3 is 5.97 Å². The molecular weight excluding hydrogens is 392 g/mol. The normalized spacial score (nSPS) is 12.2. The van der Waals surface area contributed by atoms with Crippen LogP contribution in [0.2, 0.25) is 0 Å². The van der Waals surface area contributed by atoms with E-state index in [9.17, 15) is 18.0 Å². The van der Waals surface area contributed by atoms with Gasteiger partial charge in [0.1, 0.15) is 6.04 Å². The minimum absolute atomic E-state index is 0.267. The van der Waals surface area contributed by atoms with Gasteiger partial charge in [0.25, 0.3) is 0 Å². The number of nitrogens with one attached hydrogen (secondary N) is 1. The Morgan fingerprint density at radius 2 is 1.83 bits per heavy atom. The Kier molecular flexibility index (Phi) is 7.02. The molecule has 2 aromatic carbocycles. The monoisotopic (exact) mass is 418 g/mol. The minimum atomic E-state index is -3.73. The number of esters is 1. The molecule has 2 rings (SSSR count). The highest BCUT2D eigenvalue weighted by atomic mass is 32.2. The summed E-state index contributed by atoms with van der Waals surface area (Å²) in [5, 5.41) is 2.72. The van der Waals surface area contributed by atoms with E-state index in [4.69, 9.17) is 4.74 Å². The van der Waals surface area contributed by atoms with Gasteiger partial charge in [-0.3, -0.25) is 9.10 Å². The first-order valence-electron chi connectivity index (χ1n) is 9.14. The number of ether oxygens (including phenoxy) is 1. The molecular formula is C21H26N2O5S. The predicted octanol–water partition coefficient (Wildman–Crippen LogP) is 3.27. The average Bonchev–Trinajstić information content (AvgIpc) is 2.66. The summed E-state index contributed by atoms with van der Waals surface area (Å²) in [6, 6.07) is 10.8. The summed E-state index contributed by atoms with van der Waals surface area (Å²) in [6.07, 6.45) is 1.35. The predicted molar refractivity (Wildman–Crippen MR) is 114 cm³/mol. The van der Waals surface area contributed by atoms with E-state index in [0.29, 0.717) is 11.4 Å². The summed E-state index contributed by atoms with van der Waals surface area (Å²) in [4.78, 5) is 24.7. The Morgan fingerprint density at radius 1 is 1.14 bits per heavy atom. The number of carbonyl (C=O) groups is 2. The van der Waals surface area contributed by atoms with Gasteiger partial charge in [0.2, 0.25) is 15.9 Å². The van der Waals surface area contributed by atoms with Crippen molar-refractivity contribution in [3.63, 3.8) is 0 Å². The molecule has 0 saturated carbocycles. The molecule has 0 heterocycles. The standard InChI is InChI=1S/C21H26N2O5S/c1-6-18(20(24)22-17-9-7-8-16(13-17)21(25)28-4)23(29(5,26)27)19-12-14(2)10-11-15(19)3/h7-13,18H,6H2,1-5H3,(H,22,24)/t18-/m0/s1. The number of nitrogens with zero attached hydrogens (tertiary/aromatic N) is 1. The Hall–Kier alpha value is -2.87. The third-order valence-electron chi connectivity index (χ3n) is 4.48. The third-order valence-corrected chi connectivity index (χ3v) is 5.65. The molecule has 0 aromatic heterocycles. The molecule has 8 heteroatoms. The van der Waals surface area contributed by atoms with Crippen LogP contribution in [0.5, 0.6) is 0 Å². The van der Waals surface area contributed by atoms with Gasteiger partial charge in [-0.25, -0.2) is 13.2 Å². The Balaban J connectivity index is 2.42. The molecule has 0 aliphatic carbocycles. The second kappa shape index (κ2) is 9.09. The van der Waals surface area contributed by atoms with Crippen LogP contribution >= 0.6 is 0 Å². The van der Waals surface area contributed by atoms with Gasteiger partial charge in [-0.15, -0.1) is 0 Å². The van der Waals surface area contributed by atoms with Gasteiger partial charge in [0.15, 0.2) is 0 Å². The summed E-state index contributed by atoms with van der Waals surface area (Å²) in [5.41, 5.74) is 2.77. The van der Waals surface area contributed by atoms with Crippen LogP contribution < -0.4 is 9.62 Å². The number of aryl methyl sites for hydroxylation is 2. The molecule has 0 aliphatic heterocycles. The van der Waals surface area contributed by atoms with E-state index in [2.05, 4.69) is 5.32 Å². The number of anilines is 2. The third kappa shape index (κ3) is 5.35. The van der Waals surface area contributed by atoms with Crippen LogP contribution in [-0.2, 0) is 19.6 Å². The number of sulfonamides is 1. The van der Waals surface area contributed by atoms with Crippen molar-refractivity contribution in [2.45, 2.75) is 33.2 Å². The highest BCUT2D eigenvalue weighted by Crippen LogP contribution is 2.28. The van der Waals surface area contributed by atoms with Gasteiger partial charge < -0.3 is 10.1 Å². The smallest absolute Gasteiger partial charge is 0.337 e. The maximum absolute atomic E-state index is 13.0. The van der Waals surface area contributed by atoms with E-state index >= 15 is 0 Å². The van der Waals surface area contributed by atoms with Crippen LogP contribution in [-0.4, -0.2) is 39.7 Å². The summed E-state index contributed by atoms with van der Waals surface area (Å²) < 4.78 is 31.1. The van der Waals surface area contributed by atoms with E-state index in [0.717, 1.165) is 21.7 Å². The molecule has 7 nitrogen and oxygen atoms in total. The molecule has 1 N–H and O–H groups in total. The number of rotatable bonds is 7. The first-order valence-corrected chi connectivity index (χ1v) is 11.0. The van der Waals surface area contributed by atoms with Crippen molar-refractivity contribution in [3.8, 4) is 0 Å². The van der Waals surface area contributed by atoms with Gasteiger partial charge in [-0.1, -0.05) is 25.1 Å². The number of amides is 1. The molecule has 1 amide bonds. The number of carbonyl (C=O) groups excluding carboxylic acids is 2. The largest absolute Gasteiger partial charge is 0.465 e. The molecule has 0 unspecified atom stereocenters. The van der Waals surface area contributed by atoms with Crippen molar-refractivity contribution in [3.05, 3.63) is 59.2 Å². The first kappa shape index (κ1) is 22.4. The molecule has 1 atom stereocenters. The molecule has 0 fully saturated rings. The average molecular weight is 419 g/mol. The Bertz CT molecular complexity index is 1020. The molecule has 0 saturated heterocycles. The highest BCUT2D eigenvalue weighted by Gasteiger charge is 2.32. The topological polar surface area (TPSA) is 92.8 Å². The second-order valence-corrected chi connectivity index (χ2v) is 8.69. The molecule has 0 bridgehead atoms. The zero-order valence-electron chi connectivity index (χ0n) is 17.2. The van der Waals surface area contributed by atoms with Crippen molar-refractivity contribution >= 4 is 33.3 Å². The van der Waals surface area contributed by atoms with Crippen LogP contribution in [0.15, 0.2) is 42.5 Å². The summed E-state index contributed by atoms with van der Waals surface area (Å²) in [6.45, 7) is 5.42. The van der Waals surface area contributed by atoms with Crippen molar-refractivity contribution in [1.29, 1.82) is 0 Å². The molecule has 2 aromatic rings. The molecule has 156 valence electrons. The first-order chi connectivity index (χ1) is 13.6. The molecule has 0 spiro atoms. The van der Waals surface area contributed by atoms with Crippen molar-refractivity contribution < 1.29 is 22.7 Å². The van der Waals surface area contributed by atoms with E-state index < -0.39 is 27.9 Å². The number of hydrogen-bond donors (Lipinski definition) is 1. The Labute approximate surface area is 171 Å². The lowest BCUT2D eigenvalue weighted by atomic mass is 10.1. The van der Waals surface area contributed by atoms with Gasteiger partial charge in [-0.2, -0.15) is 0 Å². The zero-order valence-corrected chi connectivity index (χ0v) is 18.0. The fourth-order valence-corrected chi connectivity index (χ4v) is 4.32. The Morgan fingerprint density at radius 3 is 2.41 bits per heavy atom. The summed E-state index contributed by atoms with van der Waals surface area (Å²) in [7, 11) is -2.46. The van der Waals surface area contributed by atoms with Gasteiger partial charge in [-0.05, 0) is 55.7 Å². The maximum atomic E-state index is 13.0. The molecule has 29 heavy (non-hydrogen) atoms. The molecule has 0 aliphatic rings. The van der Waals surface area contributed by atoms with Gasteiger partial charge in [0, 0.05) is 5.69 Å². The number of benzene rings is 2. The van der Waals surface area contributed by atoms with E-state index in [-0.39, 0.29) is 12.0 Å². The van der Waals surface area contributed by atoms with Crippen molar-refractivity contribution in [1.82, 2.24) is 0 Å². The fraction of sp³-hybridized carbons (Fsp3) is 0.333. The van der Waals surface area contributed by atoms with Crippen LogP contribution in [0.3, 0.4) is 0 Å². The molecule has 0 radical (unpaired) electrons. The highest BCUT2D eigenvalue weighted by molar-refractivity contribution is 7.92. The quantitative estimate of drug-likeness (QED) is 0.697. The van der Waals surface area contributed by atoms with Crippen LogP contribution in [0, 0.1) is 13.8 Å². The fourth-order valence-electron chi connectivity index (χ4n) is 3.06. The van der Waals surface area contributed by atoms with Crippen LogP contribution in [0.25, 0.3) is 0 Å². The van der Waals surface area contributed by atoms with Crippen LogP contribution in [0.1, 0.15) is 34.8 Å². The second-order valence-electron chi connectivity index (χ2n) is 6.83. The van der Waals surface area contributed by atoms with Crippen molar-refractivity contribution in [2.24, 2.45) is 0 Å². The van der Waals surface area contributed by atoms with E-state index in [1.165, 1.54) is 13.2 Å². The lowest BCUT2D eigenvalue weighted by molar-refractivity contribution is -0.117. The lowest BCUT2D eigenvalue weighted by Gasteiger charge is -2.31. The SMILES string of the molecule is CC[C@@H](C(=O)Nc1cccc(C(=O)OC)c1)N(c1cc(C)ccc1C)S(C)(=O)=O. The summed E-state index contributed by atoms with van der Waals surface area (Å²) in [5.74, 6) is -1.01. The minimum Gasteiger partial charge on any atom is -0.465 e. The van der Waals surface area contributed by atoms with Crippen molar-refractivity contribution in [2.75, 3.05) is 23.0 Å². The van der Waals surface area contributed by atoms with Crippen LogP contribution in [0.4, 0.5) is 11.4 Å². The zero-order chi connectivity index (χ0) is 21.8. The number of methoxy groups -OCH3 is 1. The van der Waals surface area contributed by atoms with E-state index in [1.807, 2.05) is 19.1 Å². The maximum Gasteiger partial charge on any atom is 0.337 e. The summed E-state index contributed by atoms with van der Waals surface area (Å²) >= 11 is 0. The number of hydrogen-bond acceptors (Lipinski definition) is 5.